The molecule has 0 saturated heterocycles. The minimum atomic E-state index is -0.118. The monoisotopic (exact) mass is 565 g/mol. The molecule has 2 aromatic carbocycles. The molecule has 1 aliphatic rings. The van der Waals surface area contributed by atoms with Crippen LogP contribution < -0.4 is 14.9 Å². The van der Waals surface area contributed by atoms with E-state index < -0.39 is 0 Å². The molecule has 0 unspecified atom stereocenters. The highest BCUT2D eigenvalue weighted by atomic mass is 32.1. The number of carbonyl (C=O) groups excluding carboxylic acids is 1. The summed E-state index contributed by atoms with van der Waals surface area (Å²) in [5.74, 6) is 1.67. The van der Waals surface area contributed by atoms with Crippen LogP contribution in [0.3, 0.4) is 0 Å². The van der Waals surface area contributed by atoms with Crippen molar-refractivity contribution in [1.29, 1.82) is 0 Å². The number of aromatic nitrogens is 4. The Morgan fingerprint density at radius 2 is 1.85 bits per heavy atom. The Labute approximate surface area is 245 Å². The first kappa shape index (κ1) is 27.1. The number of hydrogen-bond acceptors (Lipinski definition) is 5. The average Bonchev–Trinajstić information content (AvgIpc) is 3.54. The number of carbonyl (C=O) groups is 1. The van der Waals surface area contributed by atoms with Crippen LogP contribution >= 0.6 is 11.3 Å². The van der Waals surface area contributed by atoms with Crippen LogP contribution in [0.1, 0.15) is 60.8 Å². The number of rotatable bonds is 7. The summed E-state index contributed by atoms with van der Waals surface area (Å²) in [5, 5.41) is 3.67. The summed E-state index contributed by atoms with van der Waals surface area (Å²) in [6.07, 6.45) is 3.03. The van der Waals surface area contributed by atoms with Crippen molar-refractivity contribution < 1.29 is 9.48 Å². The number of hydrogen-bond donors (Lipinski definition) is 1. The summed E-state index contributed by atoms with van der Waals surface area (Å²) >= 11 is 1.50. The van der Waals surface area contributed by atoms with Crippen LogP contribution in [0.15, 0.2) is 66.9 Å². The van der Waals surface area contributed by atoms with E-state index >= 15 is 0 Å². The van der Waals surface area contributed by atoms with E-state index in [2.05, 4.69) is 89.8 Å². The molecule has 1 N–H and O–H groups in total. The standard InChI is InChI=1S/C33H36N6OS/c1-21(2)19-39-18-16-28(37(39)5)25-13-14-30(35-31(25)22(3)4)38-17-15-23-9-8-10-24(26(23)20-38)32(40)36-33-34-27-11-6-7-12-29(27)41-33/h6-14,16,18,21-22H,15,17,19-20H2,1-5H3/p+1. The topological polar surface area (TPSA) is 66.9 Å². The van der Waals surface area contributed by atoms with Crippen LogP contribution in [0.5, 0.6) is 0 Å². The zero-order chi connectivity index (χ0) is 28.7. The third-order valence-corrected chi connectivity index (χ3v) is 8.73. The van der Waals surface area contributed by atoms with E-state index in [0.717, 1.165) is 46.8 Å². The van der Waals surface area contributed by atoms with Gasteiger partial charge in [-0.2, -0.15) is 4.68 Å². The fourth-order valence-corrected chi connectivity index (χ4v) is 6.56. The van der Waals surface area contributed by atoms with Gasteiger partial charge in [-0.3, -0.25) is 10.1 Å². The van der Waals surface area contributed by atoms with Gasteiger partial charge < -0.3 is 4.90 Å². The third kappa shape index (κ3) is 5.36. The molecule has 0 radical (unpaired) electrons. The smallest absolute Gasteiger partial charge is 0.257 e. The summed E-state index contributed by atoms with van der Waals surface area (Å²) in [5.41, 5.74) is 7.31. The normalized spacial score (nSPS) is 13.3. The molecule has 0 bridgehead atoms. The second-order valence-electron chi connectivity index (χ2n) is 11.6. The first-order chi connectivity index (χ1) is 19.8. The Bertz CT molecular complexity index is 1700. The molecule has 1 aliphatic heterocycles. The van der Waals surface area contributed by atoms with E-state index in [1.807, 2.05) is 36.4 Å². The van der Waals surface area contributed by atoms with Gasteiger partial charge in [0.1, 0.15) is 11.5 Å². The molecule has 210 valence electrons. The van der Waals surface area contributed by atoms with Gasteiger partial charge in [-0.1, -0.05) is 63.3 Å². The number of nitrogens with zero attached hydrogens (tertiary/aromatic N) is 5. The summed E-state index contributed by atoms with van der Waals surface area (Å²) < 4.78 is 5.56. The molecule has 0 saturated carbocycles. The lowest BCUT2D eigenvalue weighted by Crippen LogP contribution is -2.43. The predicted molar refractivity (Wildman–Crippen MR) is 167 cm³/mol. The Kier molecular flexibility index (Phi) is 7.34. The average molecular weight is 566 g/mol. The maximum absolute atomic E-state index is 13.5. The molecular weight excluding hydrogens is 528 g/mol. The van der Waals surface area contributed by atoms with Crippen molar-refractivity contribution in [3.8, 4) is 11.3 Å². The first-order valence-electron chi connectivity index (χ1n) is 14.4. The van der Waals surface area contributed by atoms with Gasteiger partial charge in [0.25, 0.3) is 5.91 Å². The molecule has 4 heterocycles. The molecular formula is C33H37N6OS+. The van der Waals surface area contributed by atoms with E-state index in [9.17, 15) is 4.79 Å². The van der Waals surface area contributed by atoms with Crippen molar-refractivity contribution in [2.45, 2.75) is 53.1 Å². The zero-order valence-electron chi connectivity index (χ0n) is 24.4. The third-order valence-electron chi connectivity index (χ3n) is 7.78. The van der Waals surface area contributed by atoms with Gasteiger partial charge in [0.05, 0.1) is 23.0 Å². The Balaban J connectivity index is 1.28. The number of benzene rings is 2. The van der Waals surface area contributed by atoms with E-state index in [1.54, 1.807) is 0 Å². The number of para-hydroxylation sites is 1. The number of fused-ring (bicyclic) bond motifs is 2. The van der Waals surface area contributed by atoms with Gasteiger partial charge in [-0.15, -0.1) is 4.68 Å². The predicted octanol–water partition coefficient (Wildman–Crippen LogP) is 6.58. The summed E-state index contributed by atoms with van der Waals surface area (Å²) in [6.45, 7) is 11.4. The summed E-state index contributed by atoms with van der Waals surface area (Å²) in [7, 11) is 2.12. The van der Waals surface area contributed by atoms with Crippen molar-refractivity contribution in [1.82, 2.24) is 14.6 Å². The van der Waals surface area contributed by atoms with Gasteiger partial charge >= 0.3 is 0 Å². The Morgan fingerprint density at radius 1 is 1.02 bits per heavy atom. The highest BCUT2D eigenvalue weighted by Crippen LogP contribution is 2.33. The molecule has 7 nitrogen and oxygen atoms in total. The largest absolute Gasteiger partial charge is 0.352 e. The highest BCUT2D eigenvalue weighted by molar-refractivity contribution is 7.22. The zero-order valence-corrected chi connectivity index (χ0v) is 25.2. The molecule has 5 aromatic rings. The molecule has 0 spiro atoms. The lowest BCUT2D eigenvalue weighted by atomic mass is 9.94. The second kappa shape index (κ2) is 11.1. The molecule has 3 aromatic heterocycles. The maximum Gasteiger partial charge on any atom is 0.257 e. The van der Waals surface area contributed by atoms with Crippen LogP contribution in [0.4, 0.5) is 10.9 Å². The lowest BCUT2D eigenvalue weighted by Gasteiger charge is -2.31. The van der Waals surface area contributed by atoms with Crippen molar-refractivity contribution in [3.05, 3.63) is 89.2 Å². The van der Waals surface area contributed by atoms with Gasteiger partial charge in [0.2, 0.25) is 0 Å². The second-order valence-corrected chi connectivity index (χ2v) is 12.6. The fraction of sp³-hybridized carbons (Fsp3) is 0.333. The Morgan fingerprint density at radius 3 is 2.63 bits per heavy atom. The number of thiazole rings is 1. The molecule has 0 aliphatic carbocycles. The summed E-state index contributed by atoms with van der Waals surface area (Å²) in [6, 6.07) is 20.5. The SMILES string of the molecule is CC(C)C[n+]1ccc(-c2ccc(N3CCc4cccc(C(=O)Nc5nc6ccccc6s5)c4C3)nc2C(C)C)n1C. The number of anilines is 2. The van der Waals surface area contributed by atoms with Crippen LogP contribution in [-0.4, -0.2) is 27.1 Å². The van der Waals surface area contributed by atoms with Crippen LogP contribution in [0, 0.1) is 5.92 Å². The minimum Gasteiger partial charge on any atom is -0.352 e. The Hall–Kier alpha value is -4.04. The fourth-order valence-electron chi connectivity index (χ4n) is 5.70. The van der Waals surface area contributed by atoms with Crippen LogP contribution in [0.25, 0.3) is 21.5 Å². The highest BCUT2D eigenvalue weighted by Gasteiger charge is 2.25. The first-order valence-corrected chi connectivity index (χ1v) is 15.2. The number of pyridine rings is 1. The molecule has 41 heavy (non-hydrogen) atoms. The number of amides is 1. The van der Waals surface area contributed by atoms with Crippen molar-refractivity contribution in [2.24, 2.45) is 13.0 Å². The van der Waals surface area contributed by atoms with E-state index in [-0.39, 0.29) is 11.8 Å². The van der Waals surface area contributed by atoms with Crippen molar-refractivity contribution in [3.63, 3.8) is 0 Å². The maximum atomic E-state index is 13.5. The van der Waals surface area contributed by atoms with Gasteiger partial charge in [-0.25, -0.2) is 9.97 Å². The van der Waals surface area contributed by atoms with Gasteiger partial charge in [-0.05, 0) is 53.8 Å². The molecule has 0 atom stereocenters. The molecule has 8 heteroatoms. The lowest BCUT2D eigenvalue weighted by molar-refractivity contribution is -0.776. The molecule has 0 fully saturated rings. The van der Waals surface area contributed by atoms with E-state index in [4.69, 9.17) is 4.98 Å². The van der Waals surface area contributed by atoms with Gasteiger partial charge in [0.15, 0.2) is 17.9 Å². The van der Waals surface area contributed by atoms with Gasteiger partial charge in [0, 0.05) is 36.2 Å². The molecule has 6 rings (SSSR count). The number of nitrogens with one attached hydrogen (secondary N) is 1. The van der Waals surface area contributed by atoms with E-state index in [0.29, 0.717) is 23.2 Å². The summed E-state index contributed by atoms with van der Waals surface area (Å²) in [4.78, 5) is 25.6. The van der Waals surface area contributed by atoms with Crippen LogP contribution in [0.2, 0.25) is 0 Å². The van der Waals surface area contributed by atoms with Crippen molar-refractivity contribution >= 4 is 38.4 Å². The minimum absolute atomic E-state index is 0.118. The van der Waals surface area contributed by atoms with E-state index in [1.165, 1.54) is 28.2 Å². The van der Waals surface area contributed by atoms with Crippen molar-refractivity contribution in [2.75, 3.05) is 16.8 Å². The molecule has 1 amide bonds. The van der Waals surface area contributed by atoms with Crippen LogP contribution in [-0.2, 0) is 26.6 Å². The quantitative estimate of drug-likeness (QED) is 0.227.